The first-order valence-corrected chi connectivity index (χ1v) is 7.34. The van der Waals surface area contributed by atoms with Crippen molar-refractivity contribution in [2.45, 2.75) is 27.3 Å². The first kappa shape index (κ1) is 13.4. The molecule has 0 spiro atoms. The van der Waals surface area contributed by atoms with Crippen molar-refractivity contribution in [2.24, 2.45) is 5.41 Å². The monoisotopic (exact) mass is 332 g/mol. The molecule has 0 fully saturated rings. The van der Waals surface area contributed by atoms with Crippen LogP contribution in [-0.4, -0.2) is 14.5 Å². The summed E-state index contributed by atoms with van der Waals surface area (Å²) in [6.07, 6.45) is 1.53. The van der Waals surface area contributed by atoms with Gasteiger partial charge in [-0.3, -0.25) is 0 Å². The van der Waals surface area contributed by atoms with E-state index in [2.05, 4.69) is 63.4 Å². The predicted octanol–water partition coefficient (Wildman–Crippen LogP) is 3.98. The summed E-state index contributed by atoms with van der Waals surface area (Å²) in [6.45, 7) is 7.52. The third kappa shape index (κ3) is 2.16. The summed E-state index contributed by atoms with van der Waals surface area (Å²) < 4.78 is 3.28. The maximum Gasteiger partial charge on any atom is 0.146 e. The van der Waals surface area contributed by atoms with Crippen LogP contribution in [0.5, 0.6) is 0 Å². The zero-order valence-corrected chi connectivity index (χ0v) is 13.4. The van der Waals surface area contributed by atoms with Crippen LogP contribution in [0.2, 0.25) is 0 Å². The van der Waals surface area contributed by atoms with Crippen LogP contribution in [-0.2, 0) is 6.54 Å². The smallest absolute Gasteiger partial charge is 0.146 e. The summed E-state index contributed by atoms with van der Waals surface area (Å²) in [7, 11) is 0. The van der Waals surface area contributed by atoms with E-state index in [9.17, 15) is 0 Å². The van der Waals surface area contributed by atoms with Gasteiger partial charge in [-0.1, -0.05) is 42.8 Å². The maximum absolute atomic E-state index is 6.06. The fourth-order valence-electron chi connectivity index (χ4n) is 2.54. The van der Waals surface area contributed by atoms with Crippen molar-refractivity contribution in [3.63, 3.8) is 0 Å². The molecule has 0 bridgehead atoms. The molecule has 20 heavy (non-hydrogen) atoms. The lowest BCUT2D eigenvalue weighted by atomic mass is 9.97. The molecule has 0 saturated heterocycles. The Morgan fingerprint density at radius 1 is 1.25 bits per heavy atom. The summed E-state index contributed by atoms with van der Waals surface area (Å²) in [4.78, 5) is 8.58. The first-order chi connectivity index (χ1) is 9.37. The molecule has 0 atom stereocenters. The van der Waals surface area contributed by atoms with Crippen LogP contribution in [0.15, 0.2) is 29.0 Å². The minimum atomic E-state index is 0.154. The van der Waals surface area contributed by atoms with Crippen LogP contribution in [0.1, 0.15) is 20.8 Å². The molecule has 1 aromatic carbocycles. The Morgan fingerprint density at radius 2 is 2.00 bits per heavy atom. The molecule has 0 unspecified atom stereocenters. The van der Waals surface area contributed by atoms with E-state index < -0.39 is 0 Å². The van der Waals surface area contributed by atoms with Crippen LogP contribution < -0.4 is 5.73 Å². The molecule has 0 aliphatic rings. The maximum atomic E-state index is 6.06. The van der Waals surface area contributed by atoms with Gasteiger partial charge in [-0.15, -0.1) is 0 Å². The summed E-state index contributed by atoms with van der Waals surface area (Å²) >= 11 is 3.54. The first-order valence-electron chi connectivity index (χ1n) is 6.55. The Morgan fingerprint density at radius 3 is 2.70 bits per heavy atom. The largest absolute Gasteiger partial charge is 0.383 e. The summed E-state index contributed by atoms with van der Waals surface area (Å²) in [6, 6.07) is 6.21. The van der Waals surface area contributed by atoms with Gasteiger partial charge in [0.05, 0.1) is 10.9 Å². The predicted molar refractivity (Wildman–Crippen MR) is 86.6 cm³/mol. The number of aromatic nitrogens is 3. The quantitative estimate of drug-likeness (QED) is 0.733. The third-order valence-electron chi connectivity index (χ3n) is 3.26. The van der Waals surface area contributed by atoms with Crippen LogP contribution in [0.3, 0.4) is 0 Å². The number of halogens is 1. The van der Waals surface area contributed by atoms with Crippen molar-refractivity contribution in [1.82, 2.24) is 14.5 Å². The number of fused-ring (bicyclic) bond motifs is 3. The van der Waals surface area contributed by atoms with Gasteiger partial charge in [0.15, 0.2) is 0 Å². The van der Waals surface area contributed by atoms with E-state index in [4.69, 9.17) is 5.73 Å². The molecule has 104 valence electrons. The SMILES string of the molecule is CC(C)(C)Cn1c2cc(Br)ccc2c2c(N)ncnc21. The Balaban J connectivity index is 2.45. The number of nitrogens with two attached hydrogens (primary N) is 1. The van der Waals surface area contributed by atoms with Crippen molar-refractivity contribution in [2.75, 3.05) is 5.73 Å². The van der Waals surface area contributed by atoms with Crippen LogP contribution >= 0.6 is 15.9 Å². The number of rotatable bonds is 1. The van der Waals surface area contributed by atoms with Gasteiger partial charge in [0.25, 0.3) is 0 Å². The highest BCUT2D eigenvalue weighted by molar-refractivity contribution is 9.10. The topological polar surface area (TPSA) is 56.7 Å². The van der Waals surface area contributed by atoms with Crippen molar-refractivity contribution in [1.29, 1.82) is 0 Å². The highest BCUT2D eigenvalue weighted by atomic mass is 79.9. The van der Waals surface area contributed by atoms with Crippen molar-refractivity contribution in [3.05, 3.63) is 29.0 Å². The van der Waals surface area contributed by atoms with E-state index in [-0.39, 0.29) is 5.41 Å². The molecule has 0 saturated carbocycles. The van der Waals surface area contributed by atoms with Gasteiger partial charge >= 0.3 is 0 Å². The molecule has 3 aromatic rings. The fraction of sp³-hybridized carbons (Fsp3) is 0.333. The molecule has 0 aliphatic heterocycles. The summed E-state index contributed by atoms with van der Waals surface area (Å²) in [5, 5.41) is 2.05. The molecule has 3 rings (SSSR count). The van der Waals surface area contributed by atoms with E-state index in [1.54, 1.807) is 0 Å². The molecule has 0 amide bonds. The average molecular weight is 333 g/mol. The van der Waals surface area contributed by atoms with Crippen LogP contribution in [0, 0.1) is 5.41 Å². The number of hydrogen-bond donors (Lipinski definition) is 1. The minimum Gasteiger partial charge on any atom is -0.383 e. The van der Waals surface area contributed by atoms with Gasteiger partial charge in [-0.25, -0.2) is 9.97 Å². The molecule has 2 N–H and O–H groups in total. The van der Waals surface area contributed by atoms with Crippen LogP contribution in [0.25, 0.3) is 21.9 Å². The third-order valence-corrected chi connectivity index (χ3v) is 3.76. The number of nitrogen functional groups attached to an aromatic ring is 1. The van der Waals surface area contributed by atoms with Gasteiger partial charge in [0.2, 0.25) is 0 Å². The van der Waals surface area contributed by atoms with E-state index in [0.29, 0.717) is 5.82 Å². The Labute approximate surface area is 126 Å². The second-order valence-electron chi connectivity index (χ2n) is 6.27. The molecular formula is C15H17BrN4. The number of anilines is 1. The second kappa shape index (κ2) is 4.45. The molecular weight excluding hydrogens is 316 g/mol. The lowest BCUT2D eigenvalue weighted by Gasteiger charge is -2.20. The van der Waals surface area contributed by atoms with Gasteiger partial charge in [-0.2, -0.15) is 0 Å². The van der Waals surface area contributed by atoms with E-state index in [1.165, 1.54) is 6.33 Å². The Bertz CT molecular complexity index is 799. The lowest BCUT2D eigenvalue weighted by Crippen LogP contribution is -2.15. The molecule has 0 aliphatic carbocycles. The Hall–Kier alpha value is -1.62. The molecule has 2 heterocycles. The lowest BCUT2D eigenvalue weighted by molar-refractivity contribution is 0.353. The molecule has 2 aromatic heterocycles. The van der Waals surface area contributed by atoms with Gasteiger partial charge in [0, 0.05) is 16.4 Å². The highest BCUT2D eigenvalue weighted by Crippen LogP contribution is 2.34. The number of benzene rings is 1. The van der Waals surface area contributed by atoms with Crippen molar-refractivity contribution in [3.8, 4) is 0 Å². The second-order valence-corrected chi connectivity index (χ2v) is 7.18. The molecule has 0 radical (unpaired) electrons. The van der Waals surface area contributed by atoms with Gasteiger partial charge in [-0.05, 0) is 17.5 Å². The van der Waals surface area contributed by atoms with Crippen molar-refractivity contribution >= 4 is 43.7 Å². The van der Waals surface area contributed by atoms with E-state index in [1.807, 2.05) is 6.07 Å². The fourth-order valence-corrected chi connectivity index (χ4v) is 2.89. The van der Waals surface area contributed by atoms with Crippen LogP contribution in [0.4, 0.5) is 5.82 Å². The highest BCUT2D eigenvalue weighted by Gasteiger charge is 2.19. The van der Waals surface area contributed by atoms with E-state index >= 15 is 0 Å². The molecule has 4 nitrogen and oxygen atoms in total. The number of nitrogens with zero attached hydrogens (tertiary/aromatic N) is 3. The summed E-state index contributed by atoms with van der Waals surface area (Å²) in [5.41, 5.74) is 8.25. The van der Waals surface area contributed by atoms with Gasteiger partial charge in [0.1, 0.15) is 17.8 Å². The standard InChI is InChI=1S/C15H17BrN4/c1-15(2,3)7-20-11-6-9(16)4-5-10(11)12-13(17)18-8-19-14(12)20/h4-6,8H,7H2,1-3H3,(H2,17,18,19). The van der Waals surface area contributed by atoms with E-state index in [0.717, 1.165) is 33.0 Å². The minimum absolute atomic E-state index is 0.154. The zero-order chi connectivity index (χ0) is 14.5. The zero-order valence-electron chi connectivity index (χ0n) is 11.8. The average Bonchev–Trinajstić information content (AvgIpc) is 2.63. The summed E-state index contributed by atoms with van der Waals surface area (Å²) in [5.74, 6) is 0.537. The van der Waals surface area contributed by atoms with Crippen molar-refractivity contribution < 1.29 is 0 Å². The normalized spacial score (nSPS) is 12.4. The Kier molecular flexibility index (Phi) is 2.97. The van der Waals surface area contributed by atoms with Gasteiger partial charge < -0.3 is 10.3 Å². The molecule has 5 heteroatoms. The number of hydrogen-bond acceptors (Lipinski definition) is 3.